The van der Waals surface area contributed by atoms with E-state index >= 15 is 0 Å². The molecule has 4 aromatic rings. The second-order valence-electron chi connectivity index (χ2n) is 9.04. The topological polar surface area (TPSA) is 132 Å². The third kappa shape index (κ3) is 6.99. The zero-order valence-electron chi connectivity index (χ0n) is 22.7. The van der Waals surface area contributed by atoms with Gasteiger partial charge in [0.25, 0.3) is 5.91 Å². The average molecular weight is 616 g/mol. The van der Waals surface area contributed by atoms with Crippen molar-refractivity contribution in [3.05, 3.63) is 88.7 Å². The number of ether oxygens (including phenoxy) is 1. The fourth-order valence-electron chi connectivity index (χ4n) is 4.08. The second-order valence-corrected chi connectivity index (χ2v) is 14.0. The largest absolute Gasteiger partial charge is 0.465 e. The van der Waals surface area contributed by atoms with E-state index in [1.54, 1.807) is 19.9 Å². The summed E-state index contributed by atoms with van der Waals surface area (Å²) in [6.07, 6.45) is 1.09. The first-order valence-electron chi connectivity index (χ1n) is 12.7. The number of carbonyl (C=O) groups excluding carboxylic acids is 2. The molecule has 1 heterocycles. The Morgan fingerprint density at radius 1 is 0.927 bits per heavy atom. The summed E-state index contributed by atoms with van der Waals surface area (Å²) in [5.74, 6) is -1.20. The maximum absolute atomic E-state index is 13.3. The van der Waals surface area contributed by atoms with Crippen molar-refractivity contribution in [2.24, 2.45) is 4.99 Å². The Morgan fingerprint density at radius 3 is 2.20 bits per heavy atom. The molecule has 41 heavy (non-hydrogen) atoms. The zero-order valence-corrected chi connectivity index (χ0v) is 25.1. The van der Waals surface area contributed by atoms with E-state index in [-0.39, 0.29) is 46.4 Å². The molecule has 0 fully saturated rings. The van der Waals surface area contributed by atoms with Gasteiger partial charge in [-0.15, -0.1) is 0 Å². The summed E-state index contributed by atoms with van der Waals surface area (Å²) in [4.78, 5) is 29.9. The van der Waals surface area contributed by atoms with Gasteiger partial charge in [-0.2, -0.15) is 9.30 Å². The van der Waals surface area contributed by atoms with Crippen molar-refractivity contribution in [2.75, 3.05) is 19.4 Å². The number of sulfonamides is 1. The molecule has 10 nitrogen and oxygen atoms in total. The summed E-state index contributed by atoms with van der Waals surface area (Å²) in [6, 6.07) is 19.2. The number of hydrogen-bond donors (Lipinski definition) is 0. The molecule has 13 heteroatoms. The SMILES string of the molecule is CCOC(=O)Cn1c(=NC(=O)c2ccc(S(=O)(=O)N(CC)Cc3ccccc3)cc2)sc2cc(S(C)(=O)=O)ccc21. The molecule has 0 aliphatic rings. The summed E-state index contributed by atoms with van der Waals surface area (Å²) in [7, 11) is -7.30. The number of fused-ring (bicyclic) bond motifs is 1. The molecule has 0 atom stereocenters. The molecular weight excluding hydrogens is 587 g/mol. The van der Waals surface area contributed by atoms with E-state index < -0.39 is 31.7 Å². The lowest BCUT2D eigenvalue weighted by molar-refractivity contribution is -0.143. The number of hydrogen-bond acceptors (Lipinski definition) is 8. The van der Waals surface area contributed by atoms with Crippen LogP contribution < -0.4 is 4.80 Å². The minimum atomic E-state index is -3.82. The zero-order chi connectivity index (χ0) is 29.8. The van der Waals surface area contributed by atoms with Crippen LogP contribution in [0.25, 0.3) is 10.2 Å². The maximum Gasteiger partial charge on any atom is 0.326 e. The molecule has 4 rings (SSSR count). The van der Waals surface area contributed by atoms with E-state index in [0.29, 0.717) is 10.2 Å². The van der Waals surface area contributed by atoms with E-state index in [1.807, 2.05) is 30.3 Å². The van der Waals surface area contributed by atoms with Crippen LogP contribution in [0.1, 0.15) is 29.8 Å². The highest BCUT2D eigenvalue weighted by atomic mass is 32.2. The minimum Gasteiger partial charge on any atom is -0.465 e. The van der Waals surface area contributed by atoms with Gasteiger partial charge in [0.15, 0.2) is 14.6 Å². The molecule has 0 aliphatic carbocycles. The van der Waals surface area contributed by atoms with Crippen molar-refractivity contribution in [1.82, 2.24) is 8.87 Å². The van der Waals surface area contributed by atoms with Crippen LogP contribution in [-0.4, -0.2) is 57.0 Å². The van der Waals surface area contributed by atoms with E-state index in [4.69, 9.17) is 4.74 Å². The van der Waals surface area contributed by atoms with Crippen LogP contribution in [0.3, 0.4) is 0 Å². The maximum atomic E-state index is 13.3. The summed E-state index contributed by atoms with van der Waals surface area (Å²) < 4.78 is 59.0. The van der Waals surface area contributed by atoms with Crippen molar-refractivity contribution < 1.29 is 31.2 Å². The molecule has 0 saturated carbocycles. The number of nitrogens with zero attached hydrogens (tertiary/aromatic N) is 3. The fraction of sp³-hybridized carbons (Fsp3) is 0.250. The normalized spacial score (nSPS) is 12.6. The van der Waals surface area contributed by atoms with Gasteiger partial charge in [-0.1, -0.05) is 48.6 Å². The van der Waals surface area contributed by atoms with Crippen LogP contribution >= 0.6 is 11.3 Å². The smallest absolute Gasteiger partial charge is 0.326 e. The van der Waals surface area contributed by atoms with Crippen LogP contribution in [-0.2, 0) is 42.5 Å². The van der Waals surface area contributed by atoms with Gasteiger partial charge in [-0.3, -0.25) is 9.59 Å². The highest BCUT2D eigenvalue weighted by molar-refractivity contribution is 7.90. The Kier molecular flexibility index (Phi) is 9.22. The first-order valence-corrected chi connectivity index (χ1v) is 16.8. The Bertz CT molecular complexity index is 1860. The Morgan fingerprint density at radius 2 is 1.59 bits per heavy atom. The predicted octanol–water partition coefficient (Wildman–Crippen LogP) is 3.62. The molecule has 216 valence electrons. The third-order valence-electron chi connectivity index (χ3n) is 6.17. The highest BCUT2D eigenvalue weighted by Gasteiger charge is 2.24. The molecule has 3 aromatic carbocycles. The third-order valence-corrected chi connectivity index (χ3v) is 10.3. The Hall–Kier alpha value is -3.65. The number of esters is 1. The molecule has 1 aromatic heterocycles. The van der Waals surface area contributed by atoms with Crippen LogP contribution in [0.4, 0.5) is 0 Å². The lowest BCUT2D eigenvalue weighted by Crippen LogP contribution is -2.30. The molecule has 0 saturated heterocycles. The van der Waals surface area contributed by atoms with E-state index in [2.05, 4.69) is 4.99 Å². The predicted molar refractivity (Wildman–Crippen MR) is 156 cm³/mol. The highest BCUT2D eigenvalue weighted by Crippen LogP contribution is 2.23. The van der Waals surface area contributed by atoms with Crippen LogP contribution in [0.5, 0.6) is 0 Å². The van der Waals surface area contributed by atoms with Gasteiger partial charge in [-0.25, -0.2) is 16.8 Å². The van der Waals surface area contributed by atoms with Gasteiger partial charge >= 0.3 is 5.97 Å². The van der Waals surface area contributed by atoms with Gasteiger partial charge in [0.2, 0.25) is 10.0 Å². The van der Waals surface area contributed by atoms with Crippen molar-refractivity contribution in [3.63, 3.8) is 0 Å². The quantitative estimate of drug-likeness (QED) is 0.249. The summed E-state index contributed by atoms with van der Waals surface area (Å²) in [5.41, 5.74) is 1.51. The van der Waals surface area contributed by atoms with E-state index in [1.165, 1.54) is 45.3 Å². The molecule has 0 spiro atoms. The number of aromatic nitrogens is 1. The molecule has 0 bridgehead atoms. The van der Waals surface area contributed by atoms with Gasteiger partial charge in [-0.05, 0) is 55.0 Å². The number of sulfone groups is 1. The Labute approximate surface area is 242 Å². The van der Waals surface area contributed by atoms with Crippen LogP contribution in [0.2, 0.25) is 0 Å². The lowest BCUT2D eigenvalue weighted by atomic mass is 10.2. The number of rotatable bonds is 10. The van der Waals surface area contributed by atoms with Gasteiger partial charge in [0.1, 0.15) is 6.54 Å². The minimum absolute atomic E-state index is 0.0411. The average Bonchev–Trinajstić information content (AvgIpc) is 3.27. The fourth-order valence-corrected chi connectivity index (χ4v) is 7.31. The van der Waals surface area contributed by atoms with Gasteiger partial charge in [0, 0.05) is 24.9 Å². The molecule has 0 radical (unpaired) electrons. The molecule has 0 unspecified atom stereocenters. The number of thiazole rings is 1. The molecule has 0 aliphatic heterocycles. The van der Waals surface area contributed by atoms with E-state index in [9.17, 15) is 26.4 Å². The second kappa shape index (κ2) is 12.5. The van der Waals surface area contributed by atoms with E-state index in [0.717, 1.165) is 23.2 Å². The summed E-state index contributed by atoms with van der Waals surface area (Å²) >= 11 is 1.05. The van der Waals surface area contributed by atoms with Crippen molar-refractivity contribution in [2.45, 2.75) is 36.7 Å². The molecule has 1 amide bonds. The Balaban J connectivity index is 1.68. The number of carbonyl (C=O) groups is 2. The number of benzene rings is 3. The lowest BCUT2D eigenvalue weighted by Gasteiger charge is -2.20. The molecular formula is C28H29N3O7S3. The first kappa shape index (κ1) is 30.3. The molecule has 0 N–H and O–H groups in total. The standard InChI is InChI=1S/C28H29N3O7S3/c1-4-30(18-20-9-7-6-8-10-20)41(36,37)22-13-11-21(12-14-22)27(33)29-28-31(19-26(32)38-5-2)24-16-15-23(40(3,34)35)17-25(24)39-28/h6-17H,4-5,18-19H2,1-3H3. The van der Waals surface area contributed by atoms with Crippen molar-refractivity contribution in [1.29, 1.82) is 0 Å². The van der Waals surface area contributed by atoms with Crippen LogP contribution in [0, 0.1) is 0 Å². The van der Waals surface area contributed by atoms with Crippen molar-refractivity contribution >= 4 is 53.3 Å². The van der Waals surface area contributed by atoms with Gasteiger partial charge in [0.05, 0.1) is 26.6 Å². The first-order chi connectivity index (χ1) is 19.4. The van der Waals surface area contributed by atoms with Gasteiger partial charge < -0.3 is 9.30 Å². The van der Waals surface area contributed by atoms with Crippen LogP contribution in [0.15, 0.2) is 87.6 Å². The monoisotopic (exact) mass is 615 g/mol. The summed E-state index contributed by atoms with van der Waals surface area (Å²) in [5, 5.41) is 0. The number of amides is 1. The van der Waals surface area contributed by atoms with Crippen molar-refractivity contribution in [3.8, 4) is 0 Å². The summed E-state index contributed by atoms with van der Waals surface area (Å²) in [6.45, 7) is 3.84.